The lowest BCUT2D eigenvalue weighted by atomic mass is 10.1. The van der Waals surface area contributed by atoms with Gasteiger partial charge in [0, 0.05) is 24.1 Å². The molecule has 0 aromatic heterocycles. The van der Waals surface area contributed by atoms with Crippen LogP contribution in [0.2, 0.25) is 0 Å². The predicted molar refractivity (Wildman–Crippen MR) is 76.9 cm³/mol. The monoisotopic (exact) mass is 332 g/mol. The first kappa shape index (κ1) is 13.8. The first-order valence-electron chi connectivity index (χ1n) is 5.81. The molecule has 0 saturated carbocycles. The van der Waals surface area contributed by atoms with Crippen LogP contribution in [0.5, 0.6) is 0 Å². The minimum absolute atomic E-state index is 0.0614. The lowest BCUT2D eigenvalue weighted by Crippen LogP contribution is -2.51. The van der Waals surface area contributed by atoms with Crippen molar-refractivity contribution in [1.82, 2.24) is 5.32 Å². The summed E-state index contributed by atoms with van der Waals surface area (Å²) >= 11 is 3.44. The van der Waals surface area contributed by atoms with E-state index in [-0.39, 0.29) is 6.04 Å². The third-order valence-corrected chi connectivity index (χ3v) is 6.50. The molecule has 0 spiro atoms. The van der Waals surface area contributed by atoms with Gasteiger partial charge in [0.25, 0.3) is 0 Å². The molecule has 1 aliphatic heterocycles. The van der Waals surface area contributed by atoms with E-state index in [1.165, 1.54) is 0 Å². The zero-order chi connectivity index (χ0) is 13.5. The van der Waals surface area contributed by atoms with Gasteiger partial charge >= 0.3 is 0 Å². The van der Waals surface area contributed by atoms with Crippen molar-refractivity contribution < 1.29 is 8.42 Å². The molecule has 1 aromatic carbocycles. The molecular formula is C12H17BrN2O2S. The van der Waals surface area contributed by atoms with Crippen LogP contribution in [0.15, 0.2) is 27.6 Å². The van der Waals surface area contributed by atoms with Crippen LogP contribution < -0.4 is 10.2 Å². The summed E-state index contributed by atoms with van der Waals surface area (Å²) in [7, 11) is 0.429. The highest BCUT2D eigenvalue weighted by Crippen LogP contribution is 2.40. The molecule has 1 aromatic rings. The number of nitrogens with one attached hydrogen (secondary N) is 1. The van der Waals surface area contributed by atoms with Gasteiger partial charge < -0.3 is 10.2 Å². The van der Waals surface area contributed by atoms with Gasteiger partial charge in [0.1, 0.15) is 0 Å². The van der Waals surface area contributed by atoms with Crippen LogP contribution in [-0.2, 0) is 9.84 Å². The smallest absolute Gasteiger partial charge is 0.186 e. The van der Waals surface area contributed by atoms with Gasteiger partial charge in [-0.2, -0.15) is 0 Å². The summed E-state index contributed by atoms with van der Waals surface area (Å²) in [5.74, 6) is 0. The number of fused-ring (bicyclic) bond motifs is 1. The number of benzene rings is 1. The molecule has 2 atom stereocenters. The van der Waals surface area contributed by atoms with Gasteiger partial charge in [0.05, 0.1) is 15.8 Å². The highest BCUT2D eigenvalue weighted by molar-refractivity contribution is 9.10. The molecule has 1 N–H and O–H groups in total. The van der Waals surface area contributed by atoms with E-state index in [1.54, 1.807) is 19.2 Å². The average molecular weight is 333 g/mol. The van der Waals surface area contributed by atoms with Crippen LogP contribution in [0.3, 0.4) is 0 Å². The Bertz CT molecular complexity index is 559. The Balaban J connectivity index is 2.66. The van der Waals surface area contributed by atoms with E-state index in [4.69, 9.17) is 0 Å². The van der Waals surface area contributed by atoms with E-state index in [2.05, 4.69) is 21.2 Å². The minimum Gasteiger partial charge on any atom is -0.369 e. The summed E-state index contributed by atoms with van der Waals surface area (Å²) < 4.78 is 26.0. The minimum atomic E-state index is -3.28. The number of hydrogen-bond donors (Lipinski definition) is 1. The van der Waals surface area contributed by atoms with E-state index < -0.39 is 15.1 Å². The number of nitrogens with zero attached hydrogens (tertiary/aromatic N) is 1. The van der Waals surface area contributed by atoms with Gasteiger partial charge in [-0.15, -0.1) is 0 Å². The van der Waals surface area contributed by atoms with Crippen molar-refractivity contribution >= 4 is 31.5 Å². The van der Waals surface area contributed by atoms with Crippen molar-refractivity contribution in [1.29, 1.82) is 0 Å². The summed E-state index contributed by atoms with van der Waals surface area (Å²) in [6.07, 6.45) is 0. The molecule has 1 heterocycles. The van der Waals surface area contributed by atoms with Crippen LogP contribution in [0.4, 0.5) is 5.69 Å². The molecule has 0 fully saturated rings. The van der Waals surface area contributed by atoms with Gasteiger partial charge in [-0.1, -0.05) is 6.07 Å². The first-order valence-corrected chi connectivity index (χ1v) is 8.15. The highest BCUT2D eigenvalue weighted by Gasteiger charge is 2.41. The zero-order valence-corrected chi connectivity index (χ0v) is 13.0. The van der Waals surface area contributed by atoms with E-state index in [0.29, 0.717) is 11.4 Å². The average Bonchev–Trinajstić information content (AvgIpc) is 2.32. The summed E-state index contributed by atoms with van der Waals surface area (Å²) in [6.45, 7) is 2.40. The van der Waals surface area contributed by atoms with Crippen molar-refractivity contribution in [2.45, 2.75) is 23.1 Å². The molecule has 0 amide bonds. The van der Waals surface area contributed by atoms with E-state index in [1.807, 2.05) is 24.9 Å². The standard InChI is InChI=1S/C12H17BrN2O2S/c1-8-11(7-14-2)18(16,17)10-6-4-5-9(13)12(10)15(8)3/h4-6,8,11,14H,7H2,1-3H3. The number of hydrogen-bond acceptors (Lipinski definition) is 4. The number of halogens is 1. The normalized spacial score (nSPS) is 25.9. The lowest BCUT2D eigenvalue weighted by molar-refractivity contribution is 0.525. The van der Waals surface area contributed by atoms with Crippen LogP contribution in [0, 0.1) is 0 Å². The molecular weight excluding hydrogens is 316 g/mol. The Morgan fingerprint density at radius 1 is 1.44 bits per heavy atom. The zero-order valence-electron chi connectivity index (χ0n) is 10.6. The van der Waals surface area contributed by atoms with Crippen LogP contribution in [0.1, 0.15) is 6.92 Å². The van der Waals surface area contributed by atoms with Gasteiger partial charge in [-0.3, -0.25) is 0 Å². The second kappa shape index (κ2) is 4.83. The summed E-state index contributed by atoms with van der Waals surface area (Å²) in [5.41, 5.74) is 0.761. The first-order chi connectivity index (χ1) is 8.41. The molecule has 4 nitrogen and oxygen atoms in total. The van der Waals surface area contributed by atoms with Crippen molar-refractivity contribution in [3.05, 3.63) is 22.7 Å². The van der Waals surface area contributed by atoms with Crippen LogP contribution in [0.25, 0.3) is 0 Å². The molecule has 100 valence electrons. The Morgan fingerprint density at radius 2 is 2.11 bits per heavy atom. The fourth-order valence-electron chi connectivity index (χ4n) is 2.42. The van der Waals surface area contributed by atoms with E-state index in [0.717, 1.165) is 10.2 Å². The fourth-order valence-corrected chi connectivity index (χ4v) is 5.41. The molecule has 0 bridgehead atoms. The van der Waals surface area contributed by atoms with E-state index in [9.17, 15) is 8.42 Å². The molecule has 1 aliphatic rings. The lowest BCUT2D eigenvalue weighted by Gasteiger charge is -2.39. The Morgan fingerprint density at radius 3 is 2.72 bits per heavy atom. The number of para-hydroxylation sites is 1. The maximum absolute atomic E-state index is 12.6. The molecule has 18 heavy (non-hydrogen) atoms. The quantitative estimate of drug-likeness (QED) is 0.894. The molecule has 6 heteroatoms. The third kappa shape index (κ3) is 1.96. The maximum atomic E-state index is 12.6. The highest BCUT2D eigenvalue weighted by atomic mass is 79.9. The van der Waals surface area contributed by atoms with Crippen molar-refractivity contribution in [2.24, 2.45) is 0 Å². The van der Waals surface area contributed by atoms with Gasteiger partial charge in [0.2, 0.25) is 0 Å². The van der Waals surface area contributed by atoms with Crippen molar-refractivity contribution in [3.63, 3.8) is 0 Å². The van der Waals surface area contributed by atoms with Crippen molar-refractivity contribution in [3.8, 4) is 0 Å². The summed E-state index contributed by atoms with van der Waals surface area (Å²) in [4.78, 5) is 2.44. The fraction of sp³-hybridized carbons (Fsp3) is 0.500. The summed E-state index contributed by atoms with van der Waals surface area (Å²) in [5, 5.41) is 2.55. The largest absolute Gasteiger partial charge is 0.369 e. The Labute approximate surface area is 116 Å². The second-order valence-corrected chi connectivity index (χ2v) is 7.57. The topological polar surface area (TPSA) is 49.4 Å². The molecule has 0 radical (unpaired) electrons. The number of rotatable bonds is 2. The van der Waals surface area contributed by atoms with Gasteiger partial charge in [0.15, 0.2) is 9.84 Å². The number of anilines is 1. The van der Waals surface area contributed by atoms with Crippen LogP contribution in [-0.4, -0.2) is 40.3 Å². The second-order valence-electron chi connectivity index (χ2n) is 4.58. The van der Waals surface area contributed by atoms with E-state index >= 15 is 0 Å². The predicted octanol–water partition coefficient (Wildman–Crippen LogP) is 1.65. The SMILES string of the molecule is CNCC1C(C)N(C)c2c(Br)cccc2S1(=O)=O. The van der Waals surface area contributed by atoms with Crippen molar-refractivity contribution in [2.75, 3.05) is 25.5 Å². The Hall–Kier alpha value is -0.590. The molecule has 0 aliphatic carbocycles. The van der Waals surface area contributed by atoms with Gasteiger partial charge in [-0.05, 0) is 42.0 Å². The van der Waals surface area contributed by atoms with Crippen LogP contribution >= 0.6 is 15.9 Å². The Kier molecular flexibility index (Phi) is 3.71. The number of sulfone groups is 1. The van der Waals surface area contributed by atoms with Gasteiger partial charge in [-0.25, -0.2) is 8.42 Å². The molecule has 0 saturated heterocycles. The maximum Gasteiger partial charge on any atom is 0.186 e. The molecule has 2 unspecified atom stereocenters. The summed E-state index contributed by atoms with van der Waals surface area (Å²) in [6, 6.07) is 5.26. The molecule has 2 rings (SSSR count). The third-order valence-electron chi connectivity index (χ3n) is 3.56.